The fourth-order valence-electron chi connectivity index (χ4n) is 9.60. The smallest absolute Gasteiger partial charge is 0.164 e. The molecule has 1 atom stereocenters. The molecule has 1 aliphatic rings. The van der Waals surface area contributed by atoms with Crippen LogP contribution in [0.15, 0.2) is 103 Å². The van der Waals surface area contributed by atoms with Gasteiger partial charge in [0.15, 0.2) is 17.5 Å². The Balaban J connectivity index is 1.27. The molecule has 8 aromatic rings. The van der Waals surface area contributed by atoms with Gasteiger partial charge in [0.05, 0.1) is 0 Å². The van der Waals surface area contributed by atoms with Gasteiger partial charge in [0.25, 0.3) is 0 Å². The molecule has 2 heterocycles. The van der Waals surface area contributed by atoms with E-state index in [9.17, 15) is 0 Å². The minimum atomic E-state index is 0.324. The zero-order valence-electron chi connectivity index (χ0n) is 36.8. The summed E-state index contributed by atoms with van der Waals surface area (Å²) >= 11 is 1.94. The number of hydrogen-bond donors (Lipinski definition) is 0. The summed E-state index contributed by atoms with van der Waals surface area (Å²) in [4.78, 5) is 15.9. The van der Waals surface area contributed by atoms with Gasteiger partial charge in [-0.1, -0.05) is 147 Å². The predicted octanol–water partition coefficient (Wildman–Crippen LogP) is -7.12. The second-order valence-corrected chi connectivity index (χ2v) is 18.1. The van der Waals surface area contributed by atoms with Gasteiger partial charge in [0.2, 0.25) is 0 Å². The molecule has 0 aliphatic heterocycles. The van der Waals surface area contributed by atoms with Crippen LogP contribution in [-0.4, -0.2) is 101 Å². The summed E-state index contributed by atoms with van der Waals surface area (Å²) in [6.07, 6.45) is 7.70. The van der Waals surface area contributed by atoms with Crippen molar-refractivity contribution in [2.45, 2.75) is 12.3 Å². The molecule has 0 N–H and O–H groups in total. The van der Waals surface area contributed by atoms with E-state index in [0.717, 1.165) is 34.5 Å². The van der Waals surface area contributed by atoms with E-state index in [4.69, 9.17) is 15.0 Å². The lowest BCUT2D eigenvalue weighted by atomic mass is 9.58. The highest BCUT2D eigenvalue weighted by Gasteiger charge is 2.27. The van der Waals surface area contributed by atoms with Crippen molar-refractivity contribution in [3.63, 3.8) is 0 Å². The minimum absolute atomic E-state index is 0.324. The van der Waals surface area contributed by atoms with Gasteiger partial charge in [0.1, 0.15) is 86.3 Å². The third kappa shape index (κ3) is 6.56. The van der Waals surface area contributed by atoms with Crippen molar-refractivity contribution < 1.29 is 0 Å². The Morgan fingerprint density at radius 1 is 0.417 bits per heavy atom. The SMILES string of the molecule is Bc1c(B)c(B)c(-c2c(B)c(B)c(B)c3sc4c(B)c(-c5nc(C6=CCC(c7ccccc7)C=C6)nc(-c6ccc(-c7ccccc7)cc6)n5)c(B)c(B)c4c23)c(B)c1B. The molecule has 1 unspecified atom stereocenters. The van der Waals surface area contributed by atoms with Crippen LogP contribution in [0.1, 0.15) is 23.7 Å². The number of fused-ring (bicyclic) bond motifs is 3. The fourth-order valence-corrected chi connectivity index (χ4v) is 11.0. The number of hydrogen-bond acceptors (Lipinski definition) is 4. The highest BCUT2D eigenvalue weighted by molar-refractivity contribution is 7.28. The van der Waals surface area contributed by atoms with E-state index in [-0.39, 0.29) is 0 Å². The van der Waals surface area contributed by atoms with E-state index < -0.39 is 0 Å². The molecule has 60 heavy (non-hydrogen) atoms. The maximum Gasteiger partial charge on any atom is 0.164 e. The van der Waals surface area contributed by atoms with Gasteiger partial charge in [-0.05, 0) is 39.6 Å². The van der Waals surface area contributed by atoms with E-state index >= 15 is 0 Å². The van der Waals surface area contributed by atoms with E-state index in [1.807, 2.05) is 11.3 Å². The van der Waals surface area contributed by atoms with Gasteiger partial charge >= 0.3 is 0 Å². The van der Waals surface area contributed by atoms with Crippen LogP contribution in [0.25, 0.3) is 70.8 Å². The molecule has 0 bridgehead atoms. The molecule has 0 spiro atoms. The zero-order valence-corrected chi connectivity index (χ0v) is 37.7. The van der Waals surface area contributed by atoms with Crippen molar-refractivity contribution in [2.75, 3.05) is 0 Å². The molecule has 2 aromatic heterocycles. The minimum Gasteiger partial charge on any atom is -0.208 e. The summed E-state index contributed by atoms with van der Waals surface area (Å²) < 4.78 is 2.69. The van der Waals surface area contributed by atoms with Crippen molar-refractivity contribution in [3.05, 3.63) is 115 Å². The number of thiophene rings is 1. The summed E-state index contributed by atoms with van der Waals surface area (Å²) in [7, 11) is 25.3. The highest BCUT2D eigenvalue weighted by Crippen LogP contribution is 2.37. The topological polar surface area (TPSA) is 38.7 Å². The van der Waals surface area contributed by atoms with Gasteiger partial charge < -0.3 is 0 Å². The summed E-state index contributed by atoms with van der Waals surface area (Å²) in [6, 6.07) is 29.9. The summed E-state index contributed by atoms with van der Waals surface area (Å²) in [6.45, 7) is 0. The lowest BCUT2D eigenvalue weighted by Gasteiger charge is -2.25. The van der Waals surface area contributed by atoms with E-state index in [2.05, 4.69) is 189 Å². The quantitative estimate of drug-likeness (QED) is 0.158. The van der Waals surface area contributed by atoms with Gasteiger partial charge in [-0.15, -0.1) is 27.7 Å². The first-order chi connectivity index (χ1) is 28.8. The summed E-state index contributed by atoms with van der Waals surface area (Å²) in [5.74, 6) is 2.44. The molecule has 6 aromatic carbocycles. The monoisotopic (exact) mass is 777 g/mol. The molecule has 0 amide bonds. The Kier molecular flexibility index (Phi) is 10.5. The lowest BCUT2D eigenvalue weighted by Crippen LogP contribution is -2.56. The molecule has 0 saturated carbocycles. The van der Waals surface area contributed by atoms with Crippen molar-refractivity contribution in [3.8, 4) is 45.0 Å². The Hall–Kier alpha value is -5.26. The summed E-state index contributed by atoms with van der Waals surface area (Å²) in [5, 5.41) is 2.75. The van der Waals surface area contributed by atoms with Gasteiger partial charge in [-0.25, -0.2) is 15.0 Å². The first-order valence-electron chi connectivity index (χ1n) is 21.2. The van der Waals surface area contributed by atoms with Crippen LogP contribution in [0.2, 0.25) is 0 Å². The number of aromatic nitrogens is 3. The maximum atomic E-state index is 5.36. The van der Waals surface area contributed by atoms with E-state index in [1.165, 1.54) is 103 Å². The largest absolute Gasteiger partial charge is 0.208 e. The van der Waals surface area contributed by atoms with Gasteiger partial charge in [-0.3, -0.25) is 0 Å². The van der Waals surface area contributed by atoms with Crippen LogP contribution in [0.5, 0.6) is 0 Å². The normalized spacial score (nSPS) is 13.9. The third-order valence-corrected chi connectivity index (χ3v) is 15.4. The van der Waals surface area contributed by atoms with Crippen LogP contribution < -0.4 is 60.1 Å². The standard InChI is InChI=1S/C45H42B11N3S/c46-30-25(27-31(47)36(52)39(55)37(53)32(27)48)26-28-33(49)34(50)29(35(51)42(28)60-41(26)40(56)38(30)54)45-58-43(23-15-11-21(12-16-23)19-7-3-1-4-8-19)57-44(59-45)24-17-13-22(14-18-24)20-9-5-2-6-10-20/h1-13,15-18,22H,14,46-56H2. The molecule has 9 rings (SSSR count). The second-order valence-electron chi connectivity index (χ2n) is 17.0. The second kappa shape index (κ2) is 15.6. The zero-order chi connectivity index (χ0) is 42.1. The number of allylic oxidation sites excluding steroid dienone is 4. The molecular formula is C45H42B11N3S. The first kappa shape index (κ1) is 40.2. The van der Waals surface area contributed by atoms with Crippen LogP contribution in [0.3, 0.4) is 0 Å². The average Bonchev–Trinajstić information content (AvgIpc) is 3.69. The summed E-state index contributed by atoms with van der Waals surface area (Å²) in [5.41, 5.74) is 24.3. The lowest BCUT2D eigenvalue weighted by molar-refractivity contribution is 0.854. The van der Waals surface area contributed by atoms with Crippen LogP contribution >= 0.6 is 11.3 Å². The number of nitrogens with zero attached hydrogens (tertiary/aromatic N) is 3. The Labute approximate surface area is 368 Å². The van der Waals surface area contributed by atoms with E-state index in [1.54, 1.807) is 0 Å². The number of benzene rings is 6. The van der Waals surface area contributed by atoms with Gasteiger partial charge in [0, 0.05) is 37.4 Å². The molecule has 15 heteroatoms. The first-order valence-corrected chi connectivity index (χ1v) is 22.1. The Bertz CT molecular complexity index is 3100. The molecule has 0 fully saturated rings. The molecular weight excluding hydrogens is 734 g/mol. The molecule has 0 radical (unpaired) electrons. The Morgan fingerprint density at radius 2 is 0.917 bits per heavy atom. The highest BCUT2D eigenvalue weighted by atomic mass is 32.1. The molecule has 0 saturated heterocycles. The van der Waals surface area contributed by atoms with Crippen LogP contribution in [-0.2, 0) is 0 Å². The molecule has 1 aliphatic carbocycles. The third-order valence-electron chi connectivity index (χ3n) is 14.0. The van der Waals surface area contributed by atoms with Crippen molar-refractivity contribution >= 4 is 183 Å². The van der Waals surface area contributed by atoms with E-state index in [0.29, 0.717) is 17.6 Å². The Morgan fingerprint density at radius 3 is 1.55 bits per heavy atom. The van der Waals surface area contributed by atoms with Gasteiger partial charge in [-0.2, -0.15) is 0 Å². The fraction of sp³-hybridized carbons (Fsp3) is 0.0444. The van der Waals surface area contributed by atoms with Crippen molar-refractivity contribution in [1.82, 2.24) is 15.0 Å². The number of rotatable bonds is 6. The maximum absolute atomic E-state index is 5.36. The van der Waals surface area contributed by atoms with Crippen molar-refractivity contribution in [2.24, 2.45) is 0 Å². The predicted molar refractivity (Wildman–Crippen MR) is 295 cm³/mol. The van der Waals surface area contributed by atoms with Crippen LogP contribution in [0, 0.1) is 0 Å². The molecule has 276 valence electrons. The average molecular weight is 776 g/mol. The van der Waals surface area contributed by atoms with Crippen LogP contribution in [0.4, 0.5) is 0 Å². The van der Waals surface area contributed by atoms with Crippen molar-refractivity contribution in [1.29, 1.82) is 0 Å². The molecule has 3 nitrogen and oxygen atoms in total.